The first-order valence-electron chi connectivity index (χ1n) is 5.29. The van der Waals surface area contributed by atoms with E-state index in [4.69, 9.17) is 5.84 Å². The number of aromatic nitrogens is 2. The Hall–Kier alpha value is -0.520. The summed E-state index contributed by atoms with van der Waals surface area (Å²) in [6.07, 6.45) is 8.23. The third kappa shape index (κ3) is 3.85. The molecule has 1 atom stereocenters. The summed E-state index contributed by atoms with van der Waals surface area (Å²) in [5.74, 6) is 6.64. The van der Waals surface area contributed by atoms with Gasteiger partial charge in [-0.1, -0.05) is 6.92 Å². The lowest BCUT2D eigenvalue weighted by atomic mass is 10.1. The first-order chi connectivity index (χ1) is 7.31. The van der Waals surface area contributed by atoms with Crippen molar-refractivity contribution in [3.8, 4) is 0 Å². The number of hydrazine groups is 1. The first-order valence-corrected chi connectivity index (χ1v) is 6.68. The highest BCUT2D eigenvalue weighted by atomic mass is 32.2. The van der Waals surface area contributed by atoms with Crippen LogP contribution in [0.4, 0.5) is 0 Å². The maximum atomic E-state index is 5.53. The lowest BCUT2D eigenvalue weighted by Gasteiger charge is -2.12. The van der Waals surface area contributed by atoms with E-state index in [1.807, 2.05) is 22.6 Å². The quantitative estimate of drug-likeness (QED) is 0.549. The number of nitrogens with two attached hydrogens (primary N) is 1. The van der Waals surface area contributed by atoms with E-state index in [0.717, 1.165) is 25.1 Å². The zero-order valence-corrected chi connectivity index (χ0v) is 10.3. The highest BCUT2D eigenvalue weighted by Gasteiger charge is 2.10. The Balaban J connectivity index is 2.57. The Bertz CT molecular complexity index is 274. The van der Waals surface area contributed by atoms with Crippen molar-refractivity contribution in [1.82, 2.24) is 15.2 Å². The van der Waals surface area contributed by atoms with E-state index in [1.54, 1.807) is 0 Å². The van der Waals surface area contributed by atoms with E-state index < -0.39 is 0 Å². The van der Waals surface area contributed by atoms with Gasteiger partial charge in [0.15, 0.2) is 0 Å². The molecule has 3 N–H and O–H groups in total. The van der Waals surface area contributed by atoms with Gasteiger partial charge in [0.1, 0.15) is 0 Å². The Labute approximate surface area is 95.6 Å². The van der Waals surface area contributed by atoms with Crippen molar-refractivity contribution in [3.63, 3.8) is 0 Å². The van der Waals surface area contributed by atoms with Gasteiger partial charge < -0.3 is 0 Å². The molecule has 0 radical (unpaired) electrons. The summed E-state index contributed by atoms with van der Waals surface area (Å²) < 4.78 is 1.97. The lowest BCUT2D eigenvalue weighted by Crippen LogP contribution is -2.28. The van der Waals surface area contributed by atoms with Crippen LogP contribution in [0.2, 0.25) is 0 Å². The lowest BCUT2D eigenvalue weighted by molar-refractivity contribution is 0.540. The van der Waals surface area contributed by atoms with Crippen LogP contribution in [0.15, 0.2) is 12.4 Å². The van der Waals surface area contributed by atoms with Crippen molar-refractivity contribution in [2.75, 3.05) is 12.0 Å². The zero-order valence-electron chi connectivity index (χ0n) is 9.44. The highest BCUT2D eigenvalue weighted by Crippen LogP contribution is 2.17. The summed E-state index contributed by atoms with van der Waals surface area (Å²) in [4.78, 5) is 0. The zero-order chi connectivity index (χ0) is 11.1. The molecule has 0 bridgehead atoms. The van der Waals surface area contributed by atoms with Gasteiger partial charge in [-0.2, -0.15) is 16.9 Å². The average Bonchev–Trinajstić information content (AvgIpc) is 2.68. The molecule has 1 rings (SSSR count). The van der Waals surface area contributed by atoms with Crippen molar-refractivity contribution in [1.29, 1.82) is 0 Å². The molecule has 1 unspecified atom stereocenters. The van der Waals surface area contributed by atoms with E-state index >= 15 is 0 Å². The summed E-state index contributed by atoms with van der Waals surface area (Å²) in [7, 11) is 0. The van der Waals surface area contributed by atoms with Crippen molar-refractivity contribution >= 4 is 11.8 Å². The van der Waals surface area contributed by atoms with Gasteiger partial charge in [0.05, 0.1) is 6.20 Å². The van der Waals surface area contributed by atoms with E-state index in [0.29, 0.717) is 0 Å². The second kappa shape index (κ2) is 6.87. The number of hydrogen-bond acceptors (Lipinski definition) is 4. The summed E-state index contributed by atoms with van der Waals surface area (Å²) in [6, 6.07) is 0.225. The number of rotatable bonds is 7. The molecule has 5 heteroatoms. The SMILES string of the molecule is CCCn1cc(C(CCSC)NN)cn1. The highest BCUT2D eigenvalue weighted by molar-refractivity contribution is 7.98. The van der Waals surface area contributed by atoms with Crippen LogP contribution in [0.25, 0.3) is 0 Å². The maximum absolute atomic E-state index is 5.53. The molecule has 0 aliphatic rings. The molecule has 1 aromatic rings. The molecule has 0 aliphatic heterocycles. The fourth-order valence-electron chi connectivity index (χ4n) is 1.49. The van der Waals surface area contributed by atoms with Gasteiger partial charge >= 0.3 is 0 Å². The van der Waals surface area contributed by atoms with E-state index in [9.17, 15) is 0 Å². The summed E-state index contributed by atoms with van der Waals surface area (Å²) in [6.45, 7) is 3.12. The Morgan fingerprint density at radius 3 is 3.07 bits per heavy atom. The number of hydrogen-bond donors (Lipinski definition) is 2. The minimum atomic E-state index is 0.225. The molecule has 0 amide bonds. The smallest absolute Gasteiger partial charge is 0.0538 e. The standard InChI is InChI=1S/C10H20N4S/c1-3-5-14-8-9(7-12-14)10(13-11)4-6-15-2/h7-8,10,13H,3-6,11H2,1-2H3. The number of nitrogens with zero attached hydrogens (tertiary/aromatic N) is 2. The van der Waals surface area contributed by atoms with Crippen molar-refractivity contribution in [2.45, 2.75) is 32.4 Å². The van der Waals surface area contributed by atoms with Crippen LogP contribution in [0.1, 0.15) is 31.4 Å². The van der Waals surface area contributed by atoms with Gasteiger partial charge in [0, 0.05) is 24.3 Å². The van der Waals surface area contributed by atoms with Crippen molar-refractivity contribution in [3.05, 3.63) is 18.0 Å². The third-order valence-corrected chi connectivity index (χ3v) is 2.96. The molecule has 0 saturated heterocycles. The van der Waals surface area contributed by atoms with Gasteiger partial charge in [0.2, 0.25) is 0 Å². The Kier molecular flexibility index (Phi) is 5.75. The predicted molar refractivity (Wildman–Crippen MR) is 65.6 cm³/mol. The molecule has 1 heterocycles. The molecule has 0 spiro atoms. The molecule has 0 fully saturated rings. The molecule has 0 aliphatic carbocycles. The van der Waals surface area contributed by atoms with Gasteiger partial charge in [-0.15, -0.1) is 0 Å². The van der Waals surface area contributed by atoms with Crippen molar-refractivity contribution < 1.29 is 0 Å². The van der Waals surface area contributed by atoms with E-state index in [-0.39, 0.29) is 6.04 Å². The van der Waals surface area contributed by atoms with Crippen molar-refractivity contribution in [2.24, 2.45) is 5.84 Å². The van der Waals surface area contributed by atoms with Crippen LogP contribution in [0, 0.1) is 0 Å². The molecule has 86 valence electrons. The van der Waals surface area contributed by atoms with Crippen LogP contribution >= 0.6 is 11.8 Å². The van der Waals surface area contributed by atoms with Crippen LogP contribution in [0.3, 0.4) is 0 Å². The molecular weight excluding hydrogens is 208 g/mol. The molecule has 4 nitrogen and oxygen atoms in total. The molecule has 0 aromatic carbocycles. The maximum Gasteiger partial charge on any atom is 0.0538 e. The first kappa shape index (κ1) is 12.5. The fraction of sp³-hybridized carbons (Fsp3) is 0.700. The largest absolute Gasteiger partial charge is 0.272 e. The van der Waals surface area contributed by atoms with Gasteiger partial charge in [0.25, 0.3) is 0 Å². The minimum absolute atomic E-state index is 0.225. The predicted octanol–water partition coefficient (Wildman–Crippen LogP) is 1.55. The van der Waals surface area contributed by atoms with Crippen LogP contribution < -0.4 is 11.3 Å². The summed E-state index contributed by atoms with van der Waals surface area (Å²) >= 11 is 1.83. The fourth-order valence-corrected chi connectivity index (χ4v) is 1.96. The topological polar surface area (TPSA) is 55.9 Å². The van der Waals surface area contributed by atoms with Crippen LogP contribution in [-0.2, 0) is 6.54 Å². The molecule has 1 aromatic heterocycles. The second-order valence-corrected chi connectivity index (χ2v) is 4.52. The average molecular weight is 228 g/mol. The van der Waals surface area contributed by atoms with Gasteiger partial charge in [-0.25, -0.2) is 0 Å². The molecular formula is C10H20N4S. The number of aryl methyl sites for hydroxylation is 1. The Morgan fingerprint density at radius 2 is 2.47 bits per heavy atom. The van der Waals surface area contributed by atoms with Crippen LogP contribution in [-0.4, -0.2) is 21.8 Å². The molecule has 0 saturated carbocycles. The minimum Gasteiger partial charge on any atom is -0.272 e. The summed E-state index contributed by atoms with van der Waals surface area (Å²) in [5.41, 5.74) is 4.02. The van der Waals surface area contributed by atoms with E-state index in [1.165, 1.54) is 5.56 Å². The third-order valence-electron chi connectivity index (χ3n) is 2.32. The van der Waals surface area contributed by atoms with E-state index in [2.05, 4.69) is 29.9 Å². The number of nitrogens with one attached hydrogen (secondary N) is 1. The number of thioether (sulfide) groups is 1. The normalized spacial score (nSPS) is 13.0. The Morgan fingerprint density at radius 1 is 1.67 bits per heavy atom. The monoisotopic (exact) mass is 228 g/mol. The second-order valence-electron chi connectivity index (χ2n) is 3.54. The van der Waals surface area contributed by atoms with Gasteiger partial charge in [-0.05, 0) is 24.9 Å². The van der Waals surface area contributed by atoms with Crippen LogP contribution in [0.5, 0.6) is 0 Å². The summed E-state index contributed by atoms with van der Waals surface area (Å²) in [5, 5.41) is 4.30. The molecule has 15 heavy (non-hydrogen) atoms. The van der Waals surface area contributed by atoms with Gasteiger partial charge in [-0.3, -0.25) is 16.0 Å².